The predicted molar refractivity (Wildman–Crippen MR) is 117 cm³/mol. The van der Waals surface area contributed by atoms with Gasteiger partial charge in [-0.2, -0.15) is 13.2 Å². The number of carbonyl (C=O) groups excluding carboxylic acids is 1. The maximum Gasteiger partial charge on any atom is 0.416 e. The summed E-state index contributed by atoms with van der Waals surface area (Å²) >= 11 is 2.14. The Hall–Kier alpha value is -3.32. The summed E-state index contributed by atoms with van der Waals surface area (Å²) in [6.07, 6.45) is -4.83. The third-order valence-corrected chi connectivity index (χ3v) is 6.68. The summed E-state index contributed by atoms with van der Waals surface area (Å²) in [7, 11) is 2.88. The van der Waals surface area contributed by atoms with E-state index in [1.165, 1.54) is 24.0 Å². The minimum Gasteiger partial charge on any atom is -0.302 e. The number of thiophene rings is 1. The van der Waals surface area contributed by atoms with Gasteiger partial charge >= 0.3 is 11.9 Å². The lowest BCUT2D eigenvalue weighted by molar-refractivity contribution is -0.137. The van der Waals surface area contributed by atoms with Gasteiger partial charge in [-0.15, -0.1) is 22.7 Å². The van der Waals surface area contributed by atoms with Crippen LogP contribution in [0.3, 0.4) is 0 Å². The number of halogens is 4. The largest absolute Gasteiger partial charge is 0.416 e. The first-order chi connectivity index (χ1) is 15.5. The molecule has 0 saturated heterocycles. The van der Waals surface area contributed by atoms with E-state index in [1.54, 1.807) is 5.38 Å². The second-order valence-corrected chi connectivity index (χ2v) is 8.90. The summed E-state index contributed by atoms with van der Waals surface area (Å²) in [5, 5.41) is 5.97. The fourth-order valence-electron chi connectivity index (χ4n) is 3.24. The fourth-order valence-corrected chi connectivity index (χ4v) is 5.02. The number of nitrogens with one attached hydrogen (secondary N) is 1. The Labute approximate surface area is 190 Å². The predicted octanol–water partition coefficient (Wildman–Crippen LogP) is 3.76. The molecule has 7 nitrogen and oxygen atoms in total. The van der Waals surface area contributed by atoms with Crippen LogP contribution in [0.25, 0.3) is 22.2 Å². The van der Waals surface area contributed by atoms with Crippen molar-refractivity contribution < 1.29 is 22.4 Å². The number of hydrogen-bond donors (Lipinski definition) is 1. The van der Waals surface area contributed by atoms with Crippen molar-refractivity contribution >= 4 is 44.6 Å². The number of thiazole rings is 1. The van der Waals surface area contributed by atoms with Crippen LogP contribution in [-0.2, 0) is 31.5 Å². The maximum absolute atomic E-state index is 14.2. The molecule has 0 aliphatic rings. The highest BCUT2D eigenvalue weighted by molar-refractivity contribution is 7.14. The Kier molecular flexibility index (Phi) is 5.70. The molecular formula is C20H14F4N4O3S2. The van der Waals surface area contributed by atoms with Crippen LogP contribution in [0.4, 0.5) is 22.7 Å². The van der Waals surface area contributed by atoms with Crippen molar-refractivity contribution in [1.82, 2.24) is 14.1 Å². The van der Waals surface area contributed by atoms with Crippen LogP contribution >= 0.6 is 22.7 Å². The van der Waals surface area contributed by atoms with Crippen LogP contribution in [-0.4, -0.2) is 20.0 Å². The molecule has 0 aliphatic carbocycles. The van der Waals surface area contributed by atoms with E-state index in [0.717, 1.165) is 39.4 Å². The van der Waals surface area contributed by atoms with E-state index < -0.39 is 34.7 Å². The number of anilines is 1. The minimum atomic E-state index is -4.67. The van der Waals surface area contributed by atoms with Gasteiger partial charge in [0.1, 0.15) is 5.82 Å². The number of aromatic nitrogens is 3. The molecule has 172 valence electrons. The topological polar surface area (TPSA) is 86.0 Å². The monoisotopic (exact) mass is 498 g/mol. The molecule has 1 N–H and O–H groups in total. The third kappa shape index (κ3) is 4.20. The molecule has 0 unspecified atom stereocenters. The second-order valence-electron chi connectivity index (χ2n) is 7.08. The molecule has 1 amide bonds. The minimum absolute atomic E-state index is 0.0759. The lowest BCUT2D eigenvalue weighted by atomic mass is 10.1. The van der Waals surface area contributed by atoms with Gasteiger partial charge in [0.15, 0.2) is 5.13 Å². The maximum atomic E-state index is 14.2. The first-order valence-electron chi connectivity index (χ1n) is 9.26. The number of aryl methyl sites for hydroxylation is 1. The van der Waals surface area contributed by atoms with E-state index >= 15 is 0 Å². The van der Waals surface area contributed by atoms with Gasteiger partial charge in [-0.3, -0.25) is 18.7 Å². The van der Waals surface area contributed by atoms with Gasteiger partial charge in [0, 0.05) is 35.3 Å². The molecule has 13 heteroatoms. The molecule has 0 spiro atoms. The van der Waals surface area contributed by atoms with Crippen molar-refractivity contribution in [2.24, 2.45) is 14.1 Å². The van der Waals surface area contributed by atoms with E-state index in [4.69, 9.17) is 0 Å². The zero-order valence-electron chi connectivity index (χ0n) is 17.0. The molecule has 4 aromatic rings. The van der Waals surface area contributed by atoms with Crippen molar-refractivity contribution in [1.29, 1.82) is 0 Å². The van der Waals surface area contributed by atoms with Crippen LogP contribution in [0.15, 0.2) is 38.5 Å². The highest BCUT2D eigenvalue weighted by Crippen LogP contribution is 2.33. The summed E-state index contributed by atoms with van der Waals surface area (Å²) in [5.41, 5.74) is -1.73. The molecule has 3 heterocycles. The first-order valence-corrected chi connectivity index (χ1v) is 11.0. The van der Waals surface area contributed by atoms with E-state index in [1.807, 2.05) is 0 Å². The number of alkyl halides is 3. The molecule has 0 bridgehead atoms. The summed E-state index contributed by atoms with van der Waals surface area (Å²) in [5.74, 6) is -1.58. The summed E-state index contributed by atoms with van der Waals surface area (Å²) in [6.45, 7) is 0. The highest BCUT2D eigenvalue weighted by atomic mass is 32.1. The highest BCUT2D eigenvalue weighted by Gasteiger charge is 2.31. The van der Waals surface area contributed by atoms with Crippen LogP contribution in [0, 0.1) is 5.82 Å². The summed E-state index contributed by atoms with van der Waals surface area (Å²) in [4.78, 5) is 41.6. The molecule has 4 rings (SSSR count). The van der Waals surface area contributed by atoms with Gasteiger partial charge in [0.25, 0.3) is 5.56 Å². The quantitative estimate of drug-likeness (QED) is 0.434. The third-order valence-electron chi connectivity index (χ3n) is 4.95. The Morgan fingerprint density at radius 3 is 2.52 bits per heavy atom. The molecule has 1 aromatic carbocycles. The smallest absolute Gasteiger partial charge is 0.302 e. The van der Waals surface area contributed by atoms with Crippen LogP contribution in [0.2, 0.25) is 0 Å². The van der Waals surface area contributed by atoms with Crippen molar-refractivity contribution in [2.75, 3.05) is 5.32 Å². The number of fused-ring (bicyclic) bond motifs is 1. The number of amides is 1. The van der Waals surface area contributed by atoms with E-state index in [2.05, 4.69) is 10.3 Å². The van der Waals surface area contributed by atoms with Gasteiger partial charge in [0.05, 0.1) is 28.6 Å². The summed E-state index contributed by atoms with van der Waals surface area (Å²) < 4.78 is 54.7. The van der Waals surface area contributed by atoms with Crippen molar-refractivity contribution in [2.45, 2.75) is 12.6 Å². The van der Waals surface area contributed by atoms with E-state index in [9.17, 15) is 31.9 Å². The number of nitrogens with zero attached hydrogens (tertiary/aromatic N) is 3. The number of benzene rings is 1. The number of rotatable bonds is 4. The average molecular weight is 498 g/mol. The lowest BCUT2D eigenvalue weighted by Crippen LogP contribution is -2.36. The summed E-state index contributed by atoms with van der Waals surface area (Å²) in [6, 6.07) is 2.13. The van der Waals surface area contributed by atoms with E-state index in [-0.39, 0.29) is 28.2 Å². The standard InChI is InChI=1S/C20H14F4N4O3S2/c1-27-13-8-32-14(16(13)17(30)28(2)19(27)31)6-15(29)26-18-25-12(7-33-18)10-4-3-9(5-11(10)21)20(22,23)24/h3-5,7-8H,6H2,1-2H3,(H,25,26,29). The Balaban J connectivity index is 1.55. The number of hydrogen-bond acceptors (Lipinski definition) is 6. The molecule has 0 fully saturated rings. The zero-order chi connectivity index (χ0) is 24.1. The van der Waals surface area contributed by atoms with Crippen molar-refractivity contribution in [3.63, 3.8) is 0 Å². The Morgan fingerprint density at radius 2 is 1.85 bits per heavy atom. The van der Waals surface area contributed by atoms with Crippen molar-refractivity contribution in [3.8, 4) is 11.3 Å². The molecule has 0 saturated carbocycles. The van der Waals surface area contributed by atoms with Crippen molar-refractivity contribution in [3.05, 3.63) is 66.1 Å². The van der Waals surface area contributed by atoms with Crippen LogP contribution < -0.4 is 16.6 Å². The van der Waals surface area contributed by atoms with E-state index in [0.29, 0.717) is 16.5 Å². The van der Waals surface area contributed by atoms with Gasteiger partial charge < -0.3 is 5.32 Å². The normalized spacial score (nSPS) is 11.8. The first kappa shape index (κ1) is 22.9. The average Bonchev–Trinajstić information content (AvgIpc) is 3.37. The van der Waals surface area contributed by atoms with Gasteiger partial charge in [0.2, 0.25) is 5.91 Å². The molecule has 3 aromatic heterocycles. The Morgan fingerprint density at radius 1 is 1.12 bits per heavy atom. The zero-order valence-corrected chi connectivity index (χ0v) is 18.6. The fraction of sp³-hybridized carbons (Fsp3) is 0.200. The van der Waals surface area contributed by atoms with Crippen LogP contribution in [0.1, 0.15) is 10.4 Å². The molecule has 33 heavy (non-hydrogen) atoms. The molecule has 0 radical (unpaired) electrons. The Bertz CT molecular complexity index is 1510. The molecular weight excluding hydrogens is 484 g/mol. The van der Waals surface area contributed by atoms with Crippen LogP contribution in [0.5, 0.6) is 0 Å². The number of carbonyl (C=O) groups is 1. The second kappa shape index (κ2) is 8.23. The molecule has 0 aliphatic heterocycles. The van der Waals surface area contributed by atoms with Gasteiger partial charge in [-0.1, -0.05) is 0 Å². The lowest BCUT2D eigenvalue weighted by Gasteiger charge is -2.08. The van der Waals surface area contributed by atoms with Gasteiger partial charge in [-0.25, -0.2) is 14.2 Å². The SMILES string of the molecule is Cn1c(=O)c2c(CC(=O)Nc3nc(-c4ccc(C(F)(F)F)cc4F)cs3)scc2n(C)c1=O. The molecule has 0 atom stereocenters. The van der Waals surface area contributed by atoms with Gasteiger partial charge in [-0.05, 0) is 18.2 Å².